The molecule has 0 nitrogen and oxygen atoms in total. The summed E-state index contributed by atoms with van der Waals surface area (Å²) in [5, 5.41) is 5.79. The van der Waals surface area contributed by atoms with E-state index in [-0.39, 0.29) is 2.90 Å². The molecular formula is C26H22I2P2. The van der Waals surface area contributed by atoms with Crippen LogP contribution in [-0.4, -0.2) is 7.33 Å². The maximum Gasteiger partial charge on any atom is 0.0864 e. The number of alkyl halides is 2. The van der Waals surface area contributed by atoms with Crippen molar-refractivity contribution >= 4 is 82.2 Å². The molecule has 0 bridgehead atoms. The largest absolute Gasteiger partial charge is 0.0864 e. The van der Waals surface area contributed by atoms with Gasteiger partial charge in [-0.25, -0.2) is 0 Å². The van der Waals surface area contributed by atoms with E-state index in [4.69, 9.17) is 0 Å². The highest BCUT2D eigenvalue weighted by atomic mass is 127. The van der Waals surface area contributed by atoms with Crippen LogP contribution in [0.2, 0.25) is 0 Å². The summed E-state index contributed by atoms with van der Waals surface area (Å²) in [6, 6.07) is 44.5. The van der Waals surface area contributed by atoms with E-state index < -0.39 is 15.8 Å². The van der Waals surface area contributed by atoms with Gasteiger partial charge in [-0.3, -0.25) is 0 Å². The van der Waals surface area contributed by atoms with Crippen LogP contribution in [0.15, 0.2) is 121 Å². The third-order valence-corrected chi connectivity index (χ3v) is 18.1. The van der Waals surface area contributed by atoms with Crippen LogP contribution in [0, 0.1) is 0 Å². The second-order valence-corrected chi connectivity index (χ2v) is 16.5. The van der Waals surface area contributed by atoms with E-state index in [0.29, 0.717) is 0 Å². The Hall–Kier alpha value is -0.800. The SMILES string of the molecule is ICC(I)(P(c1ccccc1)c1ccccc1)P(c1ccccc1)c1ccccc1. The summed E-state index contributed by atoms with van der Waals surface area (Å²) in [5.41, 5.74) is 0. The average Bonchev–Trinajstić information content (AvgIpc) is 2.82. The van der Waals surface area contributed by atoms with Crippen molar-refractivity contribution in [2.75, 3.05) is 4.43 Å². The minimum Gasteiger partial charge on any atom is -0.0841 e. The van der Waals surface area contributed by atoms with Crippen molar-refractivity contribution in [3.63, 3.8) is 0 Å². The summed E-state index contributed by atoms with van der Waals surface area (Å²) in [6.45, 7) is 0. The van der Waals surface area contributed by atoms with Gasteiger partial charge in [0.2, 0.25) is 0 Å². The normalized spacial score (nSPS) is 11.7. The zero-order valence-electron chi connectivity index (χ0n) is 16.4. The molecule has 0 amide bonds. The first-order valence-electron chi connectivity index (χ1n) is 9.79. The highest BCUT2D eigenvalue weighted by molar-refractivity contribution is 14.1. The molecule has 0 heterocycles. The molecule has 4 aromatic carbocycles. The first-order chi connectivity index (χ1) is 14.7. The van der Waals surface area contributed by atoms with Gasteiger partial charge >= 0.3 is 0 Å². The van der Waals surface area contributed by atoms with Crippen LogP contribution in [0.25, 0.3) is 0 Å². The topological polar surface area (TPSA) is 0 Å². The Balaban J connectivity index is 1.95. The molecule has 0 atom stereocenters. The van der Waals surface area contributed by atoms with Crippen LogP contribution in [0.1, 0.15) is 0 Å². The van der Waals surface area contributed by atoms with Gasteiger partial charge in [-0.05, 0) is 37.1 Å². The van der Waals surface area contributed by atoms with E-state index in [1.807, 2.05) is 0 Å². The lowest BCUT2D eigenvalue weighted by Crippen LogP contribution is -2.35. The first kappa shape index (κ1) is 22.4. The molecule has 4 heteroatoms. The number of benzene rings is 4. The Labute approximate surface area is 209 Å². The number of rotatable bonds is 7. The molecule has 4 aromatic rings. The fourth-order valence-corrected chi connectivity index (χ4v) is 15.5. The molecular weight excluding hydrogens is 628 g/mol. The van der Waals surface area contributed by atoms with Gasteiger partial charge in [0, 0.05) is 4.43 Å². The van der Waals surface area contributed by atoms with Gasteiger partial charge < -0.3 is 0 Å². The predicted molar refractivity (Wildman–Crippen MR) is 154 cm³/mol. The molecule has 0 aromatic heterocycles. The zero-order chi connectivity index (χ0) is 20.8. The minimum absolute atomic E-state index is 0.0778. The molecule has 30 heavy (non-hydrogen) atoms. The molecule has 150 valence electrons. The monoisotopic (exact) mass is 650 g/mol. The predicted octanol–water partition coefficient (Wildman–Crippen LogP) is 6.78. The maximum absolute atomic E-state index is 2.83. The van der Waals surface area contributed by atoms with E-state index in [1.54, 1.807) is 0 Å². The van der Waals surface area contributed by atoms with Crippen LogP contribution in [0.4, 0.5) is 0 Å². The summed E-state index contributed by atoms with van der Waals surface area (Å²) in [4.78, 5) is 0. The Morgan fingerprint density at radius 1 is 0.467 bits per heavy atom. The van der Waals surface area contributed by atoms with Crippen molar-refractivity contribution in [2.45, 2.75) is 2.90 Å². The van der Waals surface area contributed by atoms with Gasteiger partial charge in [0.1, 0.15) is 0 Å². The van der Waals surface area contributed by atoms with Gasteiger partial charge in [0.05, 0.1) is 2.90 Å². The van der Waals surface area contributed by atoms with Crippen LogP contribution in [-0.2, 0) is 0 Å². The highest BCUT2D eigenvalue weighted by Gasteiger charge is 2.45. The highest BCUT2D eigenvalue weighted by Crippen LogP contribution is 2.69. The molecule has 0 aliphatic rings. The molecule has 0 fully saturated rings. The Morgan fingerprint density at radius 3 is 0.900 bits per heavy atom. The van der Waals surface area contributed by atoms with E-state index in [0.717, 1.165) is 4.43 Å². The number of hydrogen-bond acceptors (Lipinski definition) is 0. The number of hydrogen-bond donors (Lipinski definition) is 0. The maximum atomic E-state index is 2.83. The summed E-state index contributed by atoms with van der Waals surface area (Å²) in [6.07, 6.45) is 0. The molecule has 0 spiro atoms. The molecule has 0 aliphatic carbocycles. The lowest BCUT2D eigenvalue weighted by molar-refractivity contribution is 1.40. The van der Waals surface area contributed by atoms with E-state index in [1.165, 1.54) is 21.2 Å². The van der Waals surface area contributed by atoms with Crippen molar-refractivity contribution in [3.05, 3.63) is 121 Å². The molecule has 0 radical (unpaired) electrons. The Kier molecular flexibility index (Phi) is 7.97. The quantitative estimate of drug-likeness (QED) is 0.118. The standard InChI is InChI=1S/C26H22I2P2/c27-21-26(28,29(22-13-5-1-6-14-22)23-15-7-2-8-16-23)30(24-17-9-3-10-18-24)25-19-11-4-12-20-25/h1-20H,21H2. The summed E-state index contributed by atoms with van der Waals surface area (Å²) < 4.78 is 1.16. The third-order valence-electron chi connectivity index (χ3n) is 4.91. The first-order valence-corrected chi connectivity index (χ1v) is 15.1. The summed E-state index contributed by atoms with van der Waals surface area (Å²) in [5.74, 6) is 0. The van der Waals surface area contributed by atoms with Gasteiger partial charge in [-0.1, -0.05) is 167 Å². The fraction of sp³-hybridized carbons (Fsp3) is 0.0769. The third kappa shape index (κ3) is 4.83. The fourth-order valence-electron chi connectivity index (χ4n) is 3.62. The van der Waals surface area contributed by atoms with E-state index in [2.05, 4.69) is 167 Å². The van der Waals surface area contributed by atoms with Crippen molar-refractivity contribution in [2.24, 2.45) is 0 Å². The molecule has 0 saturated carbocycles. The minimum atomic E-state index is -0.575. The average molecular weight is 650 g/mol. The van der Waals surface area contributed by atoms with Crippen LogP contribution in [0.5, 0.6) is 0 Å². The van der Waals surface area contributed by atoms with E-state index >= 15 is 0 Å². The van der Waals surface area contributed by atoms with Gasteiger partial charge in [0.15, 0.2) is 0 Å². The van der Waals surface area contributed by atoms with Crippen molar-refractivity contribution in [1.82, 2.24) is 0 Å². The van der Waals surface area contributed by atoms with Crippen LogP contribution >= 0.6 is 61.0 Å². The van der Waals surface area contributed by atoms with Crippen LogP contribution in [0.3, 0.4) is 0 Å². The smallest absolute Gasteiger partial charge is 0.0841 e. The van der Waals surface area contributed by atoms with Crippen molar-refractivity contribution < 1.29 is 0 Å². The lowest BCUT2D eigenvalue weighted by atomic mass is 10.4. The Morgan fingerprint density at radius 2 is 0.700 bits per heavy atom. The van der Waals surface area contributed by atoms with Crippen molar-refractivity contribution in [1.29, 1.82) is 0 Å². The van der Waals surface area contributed by atoms with Crippen LogP contribution < -0.4 is 21.2 Å². The Bertz CT molecular complexity index is 879. The number of halogens is 2. The molecule has 0 N–H and O–H groups in total. The summed E-state index contributed by atoms with van der Waals surface area (Å²) >= 11 is 5.46. The zero-order valence-corrected chi connectivity index (χ0v) is 22.5. The summed E-state index contributed by atoms with van der Waals surface area (Å²) in [7, 11) is -1.15. The second-order valence-electron chi connectivity index (χ2n) is 6.87. The van der Waals surface area contributed by atoms with Crippen molar-refractivity contribution in [3.8, 4) is 0 Å². The lowest BCUT2D eigenvalue weighted by Gasteiger charge is -2.42. The molecule has 0 aliphatic heterocycles. The van der Waals surface area contributed by atoms with E-state index in [9.17, 15) is 0 Å². The molecule has 4 rings (SSSR count). The van der Waals surface area contributed by atoms with Gasteiger partial charge in [-0.2, -0.15) is 0 Å². The molecule has 0 saturated heterocycles. The second kappa shape index (κ2) is 10.7. The molecule has 0 unspecified atom stereocenters. The van der Waals surface area contributed by atoms with Gasteiger partial charge in [0.25, 0.3) is 0 Å². The van der Waals surface area contributed by atoms with Gasteiger partial charge in [-0.15, -0.1) is 0 Å².